The second-order valence-corrected chi connectivity index (χ2v) is 7.83. The minimum Gasteiger partial charge on any atom is -0.482 e. The SMILES string of the molecule is CCNC(=O)[C@@H](CC)N(CCc1ccccc1)C(=O)COc1ccc(Br)cc1Cl. The zero-order valence-electron chi connectivity index (χ0n) is 16.7. The number of amides is 2. The van der Waals surface area contributed by atoms with Crippen molar-refractivity contribution in [1.29, 1.82) is 0 Å². The van der Waals surface area contributed by atoms with Crippen molar-refractivity contribution in [3.63, 3.8) is 0 Å². The topological polar surface area (TPSA) is 58.6 Å². The molecule has 0 saturated heterocycles. The molecule has 0 fully saturated rings. The van der Waals surface area contributed by atoms with Gasteiger partial charge in [-0.25, -0.2) is 0 Å². The van der Waals surface area contributed by atoms with Gasteiger partial charge in [-0.3, -0.25) is 9.59 Å². The van der Waals surface area contributed by atoms with Gasteiger partial charge in [0.2, 0.25) is 5.91 Å². The van der Waals surface area contributed by atoms with Crippen LogP contribution in [0.15, 0.2) is 53.0 Å². The summed E-state index contributed by atoms with van der Waals surface area (Å²) in [4.78, 5) is 27.1. The highest BCUT2D eigenvalue weighted by Gasteiger charge is 2.28. The van der Waals surface area contributed by atoms with E-state index < -0.39 is 6.04 Å². The molecular weight excluding hydrogens is 456 g/mol. The van der Waals surface area contributed by atoms with Gasteiger partial charge in [-0.1, -0.05) is 64.8 Å². The maximum Gasteiger partial charge on any atom is 0.261 e. The smallest absolute Gasteiger partial charge is 0.261 e. The predicted molar refractivity (Wildman–Crippen MR) is 119 cm³/mol. The molecule has 1 N–H and O–H groups in total. The van der Waals surface area contributed by atoms with Crippen molar-refractivity contribution in [1.82, 2.24) is 10.2 Å². The number of benzene rings is 2. The van der Waals surface area contributed by atoms with Gasteiger partial charge >= 0.3 is 0 Å². The van der Waals surface area contributed by atoms with Gasteiger partial charge in [0.1, 0.15) is 11.8 Å². The van der Waals surface area contributed by atoms with E-state index in [0.29, 0.717) is 36.7 Å². The third-order valence-electron chi connectivity index (χ3n) is 4.47. The number of halogens is 2. The van der Waals surface area contributed by atoms with Gasteiger partial charge in [-0.2, -0.15) is 0 Å². The van der Waals surface area contributed by atoms with Crippen LogP contribution in [0.4, 0.5) is 0 Å². The van der Waals surface area contributed by atoms with E-state index in [4.69, 9.17) is 16.3 Å². The lowest BCUT2D eigenvalue weighted by Gasteiger charge is -2.30. The first-order valence-corrected chi connectivity index (χ1v) is 10.8. The molecule has 0 aliphatic rings. The Morgan fingerprint density at radius 1 is 1.17 bits per heavy atom. The lowest BCUT2D eigenvalue weighted by molar-refractivity contribution is -0.142. The van der Waals surface area contributed by atoms with Gasteiger partial charge < -0.3 is 15.0 Å². The molecule has 156 valence electrons. The van der Waals surface area contributed by atoms with Crippen molar-refractivity contribution in [2.45, 2.75) is 32.7 Å². The molecule has 0 aliphatic heterocycles. The number of hydrogen-bond donors (Lipinski definition) is 1. The quantitative estimate of drug-likeness (QED) is 0.545. The Morgan fingerprint density at radius 2 is 1.90 bits per heavy atom. The Bertz CT molecular complexity index is 817. The Balaban J connectivity index is 2.12. The minimum absolute atomic E-state index is 0.155. The van der Waals surface area contributed by atoms with E-state index in [0.717, 1.165) is 10.0 Å². The molecule has 0 aromatic heterocycles. The summed E-state index contributed by atoms with van der Waals surface area (Å²) in [6.45, 7) is 4.51. The van der Waals surface area contributed by atoms with Crippen molar-refractivity contribution >= 4 is 39.3 Å². The van der Waals surface area contributed by atoms with Gasteiger partial charge in [0, 0.05) is 17.6 Å². The molecule has 0 aliphatic carbocycles. The van der Waals surface area contributed by atoms with Crippen LogP contribution in [0.5, 0.6) is 5.75 Å². The largest absolute Gasteiger partial charge is 0.482 e. The van der Waals surface area contributed by atoms with Crippen molar-refractivity contribution < 1.29 is 14.3 Å². The summed E-state index contributed by atoms with van der Waals surface area (Å²) < 4.78 is 6.47. The second kappa shape index (κ2) is 11.8. The summed E-state index contributed by atoms with van der Waals surface area (Å²) in [5.41, 5.74) is 1.10. The summed E-state index contributed by atoms with van der Waals surface area (Å²) in [7, 11) is 0. The zero-order valence-corrected chi connectivity index (χ0v) is 19.0. The number of carbonyl (C=O) groups is 2. The first-order chi connectivity index (χ1) is 14.0. The maximum atomic E-state index is 13.0. The number of rotatable bonds is 10. The molecule has 1 atom stereocenters. The highest BCUT2D eigenvalue weighted by atomic mass is 79.9. The zero-order chi connectivity index (χ0) is 21.2. The van der Waals surface area contributed by atoms with E-state index >= 15 is 0 Å². The Morgan fingerprint density at radius 3 is 2.52 bits per heavy atom. The third-order valence-corrected chi connectivity index (χ3v) is 5.25. The van der Waals surface area contributed by atoms with Crippen molar-refractivity contribution in [2.75, 3.05) is 19.7 Å². The molecule has 5 nitrogen and oxygen atoms in total. The monoisotopic (exact) mass is 480 g/mol. The van der Waals surface area contributed by atoms with E-state index in [1.165, 1.54) is 0 Å². The summed E-state index contributed by atoms with van der Waals surface area (Å²) in [5, 5.41) is 3.23. The van der Waals surface area contributed by atoms with Gasteiger partial charge in [0.15, 0.2) is 6.61 Å². The summed E-state index contributed by atoms with van der Waals surface area (Å²) in [5.74, 6) is 0.0217. The number of likely N-dealkylation sites (N-methyl/N-ethyl adjacent to an activating group) is 1. The number of hydrogen-bond acceptors (Lipinski definition) is 3. The normalized spacial score (nSPS) is 11.6. The fourth-order valence-corrected chi connectivity index (χ4v) is 3.73. The highest BCUT2D eigenvalue weighted by molar-refractivity contribution is 9.10. The number of nitrogens with one attached hydrogen (secondary N) is 1. The van der Waals surface area contributed by atoms with Crippen LogP contribution in [0.3, 0.4) is 0 Å². The van der Waals surface area contributed by atoms with Gasteiger partial charge in [-0.15, -0.1) is 0 Å². The van der Waals surface area contributed by atoms with Crippen molar-refractivity contribution in [3.05, 3.63) is 63.6 Å². The summed E-state index contributed by atoms with van der Waals surface area (Å²) in [6, 6.07) is 14.5. The number of ether oxygens (including phenoxy) is 1. The standard InChI is InChI=1S/C22H26BrClN2O3/c1-3-19(22(28)25-4-2)26(13-12-16-8-6-5-7-9-16)21(27)15-29-20-11-10-17(23)14-18(20)24/h5-11,14,19H,3-4,12-13,15H2,1-2H3,(H,25,28)/t19-/m1/s1. The third kappa shape index (κ3) is 7.05. The molecule has 2 aromatic rings. The molecular formula is C22H26BrClN2O3. The number of nitrogens with zero attached hydrogens (tertiary/aromatic N) is 1. The lowest BCUT2D eigenvalue weighted by Crippen LogP contribution is -2.51. The van der Waals surface area contributed by atoms with E-state index in [2.05, 4.69) is 21.2 Å². The molecule has 0 bridgehead atoms. The fraction of sp³-hybridized carbons (Fsp3) is 0.364. The van der Waals surface area contributed by atoms with Crippen LogP contribution in [-0.4, -0.2) is 42.5 Å². The molecule has 0 radical (unpaired) electrons. The first kappa shape index (κ1) is 23.2. The average Bonchev–Trinajstić information content (AvgIpc) is 2.71. The van der Waals surface area contributed by atoms with E-state index in [9.17, 15) is 9.59 Å². The average molecular weight is 482 g/mol. The minimum atomic E-state index is -0.546. The molecule has 0 spiro atoms. The van der Waals surface area contributed by atoms with Crippen LogP contribution < -0.4 is 10.1 Å². The van der Waals surface area contributed by atoms with E-state index in [1.807, 2.05) is 44.2 Å². The maximum absolute atomic E-state index is 13.0. The molecule has 2 rings (SSSR count). The van der Waals surface area contributed by atoms with Crippen LogP contribution >= 0.6 is 27.5 Å². The lowest BCUT2D eigenvalue weighted by atomic mass is 10.1. The van der Waals surface area contributed by atoms with Gasteiger partial charge in [0.25, 0.3) is 5.91 Å². The van der Waals surface area contributed by atoms with Crippen molar-refractivity contribution in [2.24, 2.45) is 0 Å². The van der Waals surface area contributed by atoms with Gasteiger partial charge in [-0.05, 0) is 43.5 Å². The van der Waals surface area contributed by atoms with E-state index in [1.54, 1.807) is 23.1 Å². The van der Waals surface area contributed by atoms with Crippen LogP contribution in [-0.2, 0) is 16.0 Å². The summed E-state index contributed by atoms with van der Waals surface area (Å²) in [6.07, 6.45) is 1.17. The highest BCUT2D eigenvalue weighted by Crippen LogP contribution is 2.27. The second-order valence-electron chi connectivity index (χ2n) is 6.50. The predicted octanol–water partition coefficient (Wildman–Crippen LogP) is 4.47. The molecule has 2 aromatic carbocycles. The Labute approximate surface area is 185 Å². The van der Waals surface area contributed by atoms with Crippen LogP contribution in [0.2, 0.25) is 5.02 Å². The van der Waals surface area contributed by atoms with Crippen molar-refractivity contribution in [3.8, 4) is 5.75 Å². The molecule has 0 heterocycles. The first-order valence-electron chi connectivity index (χ1n) is 9.65. The van der Waals surface area contributed by atoms with Crippen LogP contribution in [0, 0.1) is 0 Å². The molecule has 2 amide bonds. The molecule has 7 heteroatoms. The van der Waals surface area contributed by atoms with E-state index in [-0.39, 0.29) is 18.4 Å². The summed E-state index contributed by atoms with van der Waals surface area (Å²) >= 11 is 9.51. The molecule has 29 heavy (non-hydrogen) atoms. The van der Waals surface area contributed by atoms with Crippen LogP contribution in [0.25, 0.3) is 0 Å². The molecule has 0 unspecified atom stereocenters. The molecule has 0 saturated carbocycles. The number of carbonyl (C=O) groups excluding carboxylic acids is 2. The van der Waals surface area contributed by atoms with Crippen LogP contribution in [0.1, 0.15) is 25.8 Å². The Hall–Kier alpha value is -2.05. The fourth-order valence-electron chi connectivity index (χ4n) is 3.00. The Kier molecular flexibility index (Phi) is 9.48. The van der Waals surface area contributed by atoms with Gasteiger partial charge in [0.05, 0.1) is 5.02 Å².